The van der Waals surface area contributed by atoms with E-state index >= 15 is 0 Å². The number of aromatic nitrogens is 2. The highest BCUT2D eigenvalue weighted by atomic mass is 16.5. The summed E-state index contributed by atoms with van der Waals surface area (Å²) in [5.41, 5.74) is -0.00938. The quantitative estimate of drug-likeness (QED) is 0.769. The summed E-state index contributed by atoms with van der Waals surface area (Å²) in [6.45, 7) is 6.00. The predicted molar refractivity (Wildman–Crippen MR) is 85.2 cm³/mol. The van der Waals surface area contributed by atoms with Crippen molar-refractivity contribution in [3.05, 3.63) is 34.9 Å². The summed E-state index contributed by atoms with van der Waals surface area (Å²) in [5, 5.41) is 13.0. The predicted octanol–water partition coefficient (Wildman–Crippen LogP) is 2.29. The number of hydrogen-bond acceptors (Lipinski definition) is 7. The molecule has 1 unspecified atom stereocenters. The van der Waals surface area contributed by atoms with Crippen molar-refractivity contribution in [2.45, 2.75) is 39.8 Å². The third kappa shape index (κ3) is 4.24. The van der Waals surface area contributed by atoms with Crippen LogP contribution in [-0.2, 0) is 17.7 Å². The van der Waals surface area contributed by atoms with Crippen LogP contribution in [0.1, 0.15) is 65.3 Å². The van der Waals surface area contributed by atoms with Gasteiger partial charge in [-0.15, -0.1) is 0 Å². The minimum atomic E-state index is -1.13. The van der Waals surface area contributed by atoms with E-state index in [4.69, 9.17) is 18.8 Å². The van der Waals surface area contributed by atoms with Gasteiger partial charge in [0.25, 0.3) is 5.91 Å². The van der Waals surface area contributed by atoms with Crippen molar-refractivity contribution >= 4 is 11.9 Å². The van der Waals surface area contributed by atoms with Gasteiger partial charge in [-0.2, -0.15) is 4.98 Å². The van der Waals surface area contributed by atoms with Crippen molar-refractivity contribution < 1.29 is 28.4 Å². The zero-order valence-electron chi connectivity index (χ0n) is 14.6. The van der Waals surface area contributed by atoms with Crippen LogP contribution in [0.2, 0.25) is 0 Å². The van der Waals surface area contributed by atoms with E-state index in [1.807, 2.05) is 6.92 Å². The zero-order valence-corrected chi connectivity index (χ0v) is 14.6. The third-order valence-electron chi connectivity index (χ3n) is 3.55. The highest BCUT2D eigenvalue weighted by Gasteiger charge is 2.24. The lowest BCUT2D eigenvalue weighted by Crippen LogP contribution is -2.26. The van der Waals surface area contributed by atoms with Gasteiger partial charge in [0.05, 0.1) is 0 Å². The van der Waals surface area contributed by atoms with Crippen molar-refractivity contribution in [2.75, 3.05) is 13.7 Å². The Hall–Kier alpha value is -2.68. The molecular weight excluding hydrogens is 330 g/mol. The number of rotatable bonds is 8. The minimum Gasteiger partial charge on any atom is -0.478 e. The van der Waals surface area contributed by atoms with Gasteiger partial charge < -0.3 is 23.7 Å². The average molecular weight is 351 g/mol. The van der Waals surface area contributed by atoms with Gasteiger partial charge in [0, 0.05) is 26.1 Å². The second kappa shape index (κ2) is 7.93. The van der Waals surface area contributed by atoms with E-state index in [2.05, 4.69) is 10.1 Å². The van der Waals surface area contributed by atoms with Gasteiger partial charge in [-0.05, 0) is 13.8 Å². The van der Waals surface area contributed by atoms with E-state index in [1.54, 1.807) is 13.8 Å². The maximum atomic E-state index is 12.4. The number of carbonyl (C=O) groups is 2. The summed E-state index contributed by atoms with van der Waals surface area (Å²) in [6.07, 6.45) is 0.0693. The Bertz CT molecular complexity index is 751. The number of amides is 1. The SMILES string of the molecule is CCOC(C)c1noc(CN(C)C(=O)c2cc(C(=O)O)c(CC)o2)n1. The lowest BCUT2D eigenvalue weighted by Gasteiger charge is -2.12. The highest BCUT2D eigenvalue weighted by molar-refractivity contribution is 5.96. The van der Waals surface area contributed by atoms with Crippen molar-refractivity contribution in [1.82, 2.24) is 15.0 Å². The molecule has 0 fully saturated rings. The molecule has 1 atom stereocenters. The Morgan fingerprint density at radius 1 is 1.40 bits per heavy atom. The van der Waals surface area contributed by atoms with Crippen LogP contribution in [0.3, 0.4) is 0 Å². The summed E-state index contributed by atoms with van der Waals surface area (Å²) in [5.74, 6) is -0.738. The monoisotopic (exact) mass is 351 g/mol. The van der Waals surface area contributed by atoms with Crippen LogP contribution in [0.25, 0.3) is 0 Å². The molecule has 9 nitrogen and oxygen atoms in total. The number of carbonyl (C=O) groups excluding carboxylic acids is 1. The van der Waals surface area contributed by atoms with Gasteiger partial charge in [-0.1, -0.05) is 12.1 Å². The second-order valence-corrected chi connectivity index (χ2v) is 5.41. The Kier molecular flexibility index (Phi) is 5.92. The number of carboxylic acid groups (broad SMARTS) is 1. The van der Waals surface area contributed by atoms with Crippen molar-refractivity contribution in [3.63, 3.8) is 0 Å². The summed E-state index contributed by atoms with van der Waals surface area (Å²) in [4.78, 5) is 29.1. The van der Waals surface area contributed by atoms with Crippen LogP contribution in [0, 0.1) is 0 Å². The fraction of sp³-hybridized carbons (Fsp3) is 0.500. The number of nitrogens with zero attached hydrogens (tertiary/aromatic N) is 3. The van der Waals surface area contributed by atoms with E-state index in [9.17, 15) is 9.59 Å². The highest BCUT2D eigenvalue weighted by Crippen LogP contribution is 2.19. The van der Waals surface area contributed by atoms with Crippen LogP contribution < -0.4 is 0 Å². The Morgan fingerprint density at radius 3 is 2.68 bits per heavy atom. The van der Waals surface area contributed by atoms with Crippen molar-refractivity contribution in [3.8, 4) is 0 Å². The van der Waals surface area contributed by atoms with E-state index in [0.29, 0.717) is 18.9 Å². The summed E-state index contributed by atoms with van der Waals surface area (Å²) < 4.78 is 15.9. The first kappa shape index (κ1) is 18.7. The topological polar surface area (TPSA) is 119 Å². The van der Waals surface area contributed by atoms with Gasteiger partial charge in [0.1, 0.15) is 24.0 Å². The lowest BCUT2D eigenvalue weighted by atomic mass is 10.2. The number of carboxylic acids is 1. The third-order valence-corrected chi connectivity index (χ3v) is 3.55. The summed E-state index contributed by atoms with van der Waals surface area (Å²) in [7, 11) is 1.53. The molecule has 0 spiro atoms. The molecule has 0 saturated heterocycles. The maximum Gasteiger partial charge on any atom is 0.339 e. The smallest absolute Gasteiger partial charge is 0.339 e. The van der Waals surface area contributed by atoms with Gasteiger partial charge in [0.2, 0.25) is 5.89 Å². The molecule has 0 aliphatic carbocycles. The molecule has 0 bridgehead atoms. The molecule has 1 amide bonds. The largest absolute Gasteiger partial charge is 0.478 e. The van der Waals surface area contributed by atoms with E-state index < -0.39 is 11.9 Å². The summed E-state index contributed by atoms with van der Waals surface area (Å²) >= 11 is 0. The number of hydrogen-bond donors (Lipinski definition) is 1. The molecule has 0 aliphatic rings. The average Bonchev–Trinajstić information content (AvgIpc) is 3.21. The molecule has 9 heteroatoms. The van der Waals surface area contributed by atoms with E-state index in [-0.39, 0.29) is 35.6 Å². The van der Waals surface area contributed by atoms with E-state index in [0.717, 1.165) is 0 Å². The molecule has 2 aromatic rings. The number of furan rings is 1. The number of aryl methyl sites for hydroxylation is 1. The van der Waals surface area contributed by atoms with Gasteiger partial charge >= 0.3 is 5.97 Å². The standard InChI is InChI=1S/C16H21N3O6/c1-5-11-10(16(21)22)7-12(24-11)15(20)19(4)8-13-17-14(18-25-13)9(3)23-6-2/h7,9H,5-6,8H2,1-4H3,(H,21,22). The van der Waals surface area contributed by atoms with Crippen molar-refractivity contribution in [1.29, 1.82) is 0 Å². The fourth-order valence-electron chi connectivity index (χ4n) is 2.26. The zero-order chi connectivity index (χ0) is 18.6. The molecule has 1 N–H and O–H groups in total. The number of ether oxygens (including phenoxy) is 1. The van der Waals surface area contributed by atoms with Crippen LogP contribution in [0.4, 0.5) is 0 Å². The molecule has 2 aromatic heterocycles. The Labute approximate surface area is 144 Å². The van der Waals surface area contributed by atoms with Gasteiger partial charge in [0.15, 0.2) is 11.6 Å². The van der Waals surface area contributed by atoms with Gasteiger partial charge in [-0.3, -0.25) is 4.79 Å². The molecule has 2 rings (SSSR count). The van der Waals surface area contributed by atoms with Crippen LogP contribution in [0.5, 0.6) is 0 Å². The van der Waals surface area contributed by atoms with Crippen LogP contribution >= 0.6 is 0 Å². The molecular formula is C16H21N3O6. The molecule has 25 heavy (non-hydrogen) atoms. The lowest BCUT2D eigenvalue weighted by molar-refractivity contribution is 0.0681. The van der Waals surface area contributed by atoms with Crippen molar-refractivity contribution in [2.24, 2.45) is 0 Å². The molecule has 0 saturated carbocycles. The van der Waals surface area contributed by atoms with Crippen LogP contribution in [-0.4, -0.2) is 45.7 Å². The molecule has 0 aromatic carbocycles. The minimum absolute atomic E-state index is 0.00938. The summed E-state index contributed by atoms with van der Waals surface area (Å²) in [6, 6.07) is 1.23. The fourth-order valence-corrected chi connectivity index (χ4v) is 2.26. The van der Waals surface area contributed by atoms with E-state index in [1.165, 1.54) is 18.0 Å². The van der Waals surface area contributed by atoms with Gasteiger partial charge in [-0.25, -0.2) is 4.79 Å². The molecule has 0 radical (unpaired) electrons. The number of aromatic carboxylic acids is 1. The molecule has 136 valence electrons. The first-order chi connectivity index (χ1) is 11.9. The Morgan fingerprint density at radius 2 is 2.12 bits per heavy atom. The maximum absolute atomic E-state index is 12.4. The normalized spacial score (nSPS) is 12.2. The van der Waals surface area contributed by atoms with Crippen LogP contribution in [0.15, 0.2) is 15.0 Å². The Balaban J connectivity index is 2.09. The molecule has 0 aliphatic heterocycles. The second-order valence-electron chi connectivity index (χ2n) is 5.41. The first-order valence-corrected chi connectivity index (χ1v) is 7.92. The first-order valence-electron chi connectivity index (χ1n) is 7.92. The molecule has 2 heterocycles.